The number of aromatic nitrogens is 1. The van der Waals surface area contributed by atoms with Crippen LogP contribution >= 0.6 is 0 Å². The van der Waals surface area contributed by atoms with E-state index >= 15 is 0 Å². The van der Waals surface area contributed by atoms with Gasteiger partial charge >= 0.3 is 0 Å². The summed E-state index contributed by atoms with van der Waals surface area (Å²) in [4.78, 5) is 17.8. The minimum absolute atomic E-state index is 0.106. The molecule has 1 saturated heterocycles. The Hall–Kier alpha value is -2.86. The topological polar surface area (TPSA) is 54.6 Å². The second kappa shape index (κ2) is 8.02. The molecule has 0 atom stereocenters. The van der Waals surface area contributed by atoms with Crippen LogP contribution in [0.1, 0.15) is 12.0 Å². The highest BCUT2D eigenvalue weighted by atomic mass is 19.1. The van der Waals surface area contributed by atoms with Crippen molar-refractivity contribution < 1.29 is 18.7 Å². The van der Waals surface area contributed by atoms with Crippen LogP contribution in [-0.2, 0) is 16.0 Å². The largest absolute Gasteiger partial charge is 0.497 e. The van der Waals surface area contributed by atoms with Gasteiger partial charge in [-0.3, -0.25) is 4.79 Å². The number of carbonyl (C=O) groups is 1. The Bertz CT molecular complexity index is 975. The number of methoxy groups -OCH3 is 1. The van der Waals surface area contributed by atoms with Crippen LogP contribution in [0.25, 0.3) is 22.2 Å². The number of nitrogens with one attached hydrogen (secondary N) is 1. The molecule has 1 aliphatic rings. The van der Waals surface area contributed by atoms with E-state index in [0.717, 1.165) is 33.5 Å². The number of ether oxygens (including phenoxy) is 2. The van der Waals surface area contributed by atoms with E-state index in [2.05, 4.69) is 4.98 Å². The summed E-state index contributed by atoms with van der Waals surface area (Å²) in [5, 5.41) is 0.820. The van der Waals surface area contributed by atoms with Crippen molar-refractivity contribution in [2.75, 3.05) is 33.4 Å². The maximum Gasteiger partial charge on any atom is 0.223 e. The average Bonchev–Trinajstić information content (AvgIpc) is 3.10. The molecule has 4 rings (SSSR count). The van der Waals surface area contributed by atoms with E-state index in [4.69, 9.17) is 9.47 Å². The lowest BCUT2D eigenvalue weighted by atomic mass is 10.0. The Morgan fingerprint density at radius 3 is 2.64 bits per heavy atom. The Labute approximate surface area is 163 Å². The third-order valence-corrected chi connectivity index (χ3v) is 5.20. The minimum atomic E-state index is -0.284. The fourth-order valence-electron chi connectivity index (χ4n) is 3.69. The number of halogens is 1. The lowest BCUT2D eigenvalue weighted by Crippen LogP contribution is -2.40. The fraction of sp³-hybridized carbons (Fsp3) is 0.318. The first-order chi connectivity index (χ1) is 13.7. The molecule has 0 spiro atoms. The normalized spacial score (nSPS) is 14.4. The van der Waals surface area contributed by atoms with Crippen molar-refractivity contribution in [2.24, 2.45) is 0 Å². The predicted molar refractivity (Wildman–Crippen MR) is 106 cm³/mol. The molecule has 2 aromatic carbocycles. The number of aromatic amines is 1. The number of hydrogen-bond donors (Lipinski definition) is 1. The standard InChI is InChI=1S/C22H23FN2O3/c1-27-17-5-2-15(3-6-17)22-18(19-14-16(23)4-8-20(19)24-22)7-9-21(26)25-10-12-28-13-11-25/h2-6,8,14,24H,7,9-13H2,1H3. The second-order valence-corrected chi connectivity index (χ2v) is 6.89. The molecule has 1 amide bonds. The molecule has 5 nitrogen and oxygen atoms in total. The van der Waals surface area contributed by atoms with E-state index in [-0.39, 0.29) is 11.7 Å². The van der Waals surface area contributed by atoms with E-state index in [1.807, 2.05) is 29.2 Å². The van der Waals surface area contributed by atoms with Crippen molar-refractivity contribution >= 4 is 16.8 Å². The molecule has 2 heterocycles. The zero-order valence-electron chi connectivity index (χ0n) is 15.8. The highest BCUT2D eigenvalue weighted by Crippen LogP contribution is 2.33. The molecule has 28 heavy (non-hydrogen) atoms. The van der Waals surface area contributed by atoms with Crippen molar-refractivity contribution in [3.63, 3.8) is 0 Å². The van der Waals surface area contributed by atoms with Crippen molar-refractivity contribution in [1.29, 1.82) is 0 Å². The SMILES string of the molecule is COc1ccc(-c2[nH]c3ccc(F)cc3c2CCC(=O)N2CCOCC2)cc1. The van der Waals surface area contributed by atoms with Gasteiger partial charge in [0.1, 0.15) is 11.6 Å². The number of carbonyl (C=O) groups excluding carboxylic acids is 1. The molecule has 0 unspecified atom stereocenters. The van der Waals surface area contributed by atoms with Crippen molar-refractivity contribution in [3.05, 3.63) is 53.8 Å². The number of morpholine rings is 1. The van der Waals surface area contributed by atoms with Gasteiger partial charge in [0.15, 0.2) is 0 Å². The summed E-state index contributed by atoms with van der Waals surface area (Å²) in [6.07, 6.45) is 0.924. The van der Waals surface area contributed by atoms with E-state index in [9.17, 15) is 9.18 Å². The Balaban J connectivity index is 1.66. The minimum Gasteiger partial charge on any atom is -0.497 e. The van der Waals surface area contributed by atoms with Gasteiger partial charge in [-0.1, -0.05) is 0 Å². The van der Waals surface area contributed by atoms with Gasteiger partial charge in [0.25, 0.3) is 0 Å². The summed E-state index contributed by atoms with van der Waals surface area (Å²) in [5.74, 6) is 0.596. The first kappa shape index (κ1) is 18.5. The summed E-state index contributed by atoms with van der Waals surface area (Å²) < 4.78 is 24.4. The average molecular weight is 382 g/mol. The summed E-state index contributed by atoms with van der Waals surface area (Å²) in [6, 6.07) is 12.4. The van der Waals surface area contributed by atoms with Crippen LogP contribution < -0.4 is 4.74 Å². The number of aryl methyl sites for hydroxylation is 1. The molecule has 146 valence electrons. The molecule has 0 aliphatic carbocycles. The molecule has 0 radical (unpaired) electrons. The fourth-order valence-corrected chi connectivity index (χ4v) is 3.69. The van der Waals surface area contributed by atoms with Crippen LogP contribution in [0.5, 0.6) is 5.75 Å². The Morgan fingerprint density at radius 1 is 1.18 bits per heavy atom. The third-order valence-electron chi connectivity index (χ3n) is 5.20. The molecule has 1 N–H and O–H groups in total. The van der Waals surface area contributed by atoms with Crippen LogP contribution in [-0.4, -0.2) is 49.2 Å². The quantitative estimate of drug-likeness (QED) is 0.731. The monoisotopic (exact) mass is 382 g/mol. The maximum absolute atomic E-state index is 13.9. The zero-order valence-corrected chi connectivity index (χ0v) is 15.8. The molecule has 0 saturated carbocycles. The van der Waals surface area contributed by atoms with E-state index in [1.54, 1.807) is 13.2 Å². The van der Waals surface area contributed by atoms with Crippen LogP contribution in [0.3, 0.4) is 0 Å². The summed E-state index contributed by atoms with van der Waals surface area (Å²) in [6.45, 7) is 2.43. The van der Waals surface area contributed by atoms with Crippen molar-refractivity contribution in [1.82, 2.24) is 9.88 Å². The number of rotatable bonds is 5. The lowest BCUT2D eigenvalue weighted by Gasteiger charge is -2.26. The lowest BCUT2D eigenvalue weighted by molar-refractivity contribution is -0.135. The van der Waals surface area contributed by atoms with E-state index in [1.165, 1.54) is 12.1 Å². The van der Waals surface area contributed by atoms with Crippen LogP contribution in [0.4, 0.5) is 4.39 Å². The Kier molecular flexibility index (Phi) is 5.30. The smallest absolute Gasteiger partial charge is 0.223 e. The summed E-state index contributed by atoms with van der Waals surface area (Å²) in [5.41, 5.74) is 3.71. The predicted octanol–water partition coefficient (Wildman–Crippen LogP) is 3.77. The number of amides is 1. The number of H-pyrrole nitrogens is 1. The van der Waals surface area contributed by atoms with Crippen LogP contribution in [0, 0.1) is 5.82 Å². The first-order valence-electron chi connectivity index (χ1n) is 9.46. The van der Waals surface area contributed by atoms with E-state index < -0.39 is 0 Å². The van der Waals surface area contributed by atoms with Gasteiger partial charge in [0.2, 0.25) is 5.91 Å². The number of benzene rings is 2. The molecule has 1 aliphatic heterocycles. The Morgan fingerprint density at radius 2 is 1.93 bits per heavy atom. The second-order valence-electron chi connectivity index (χ2n) is 6.89. The van der Waals surface area contributed by atoms with Crippen molar-refractivity contribution in [3.8, 4) is 17.0 Å². The molecule has 3 aromatic rings. The van der Waals surface area contributed by atoms with Gasteiger partial charge in [0.05, 0.1) is 20.3 Å². The molecule has 1 fully saturated rings. The number of hydrogen-bond acceptors (Lipinski definition) is 3. The maximum atomic E-state index is 13.9. The number of fused-ring (bicyclic) bond motifs is 1. The highest BCUT2D eigenvalue weighted by molar-refractivity contribution is 5.91. The van der Waals surface area contributed by atoms with Crippen molar-refractivity contribution in [2.45, 2.75) is 12.8 Å². The molecular weight excluding hydrogens is 359 g/mol. The molecule has 6 heteroatoms. The van der Waals surface area contributed by atoms with Gasteiger partial charge in [-0.15, -0.1) is 0 Å². The van der Waals surface area contributed by atoms with E-state index in [0.29, 0.717) is 39.1 Å². The highest BCUT2D eigenvalue weighted by Gasteiger charge is 2.19. The van der Waals surface area contributed by atoms with Gasteiger partial charge in [0, 0.05) is 36.1 Å². The third kappa shape index (κ3) is 3.73. The summed E-state index contributed by atoms with van der Waals surface area (Å²) >= 11 is 0. The zero-order chi connectivity index (χ0) is 19.5. The van der Waals surface area contributed by atoms with Crippen LogP contribution in [0.2, 0.25) is 0 Å². The van der Waals surface area contributed by atoms with Crippen LogP contribution in [0.15, 0.2) is 42.5 Å². The van der Waals surface area contributed by atoms with Gasteiger partial charge in [-0.05, 0) is 60.0 Å². The molecule has 1 aromatic heterocycles. The number of nitrogens with zero attached hydrogens (tertiary/aromatic N) is 1. The molecule has 0 bridgehead atoms. The van der Waals surface area contributed by atoms with Gasteiger partial charge in [-0.25, -0.2) is 4.39 Å². The van der Waals surface area contributed by atoms with Gasteiger partial charge in [-0.2, -0.15) is 0 Å². The molecular formula is C22H23FN2O3. The first-order valence-corrected chi connectivity index (χ1v) is 9.46. The van der Waals surface area contributed by atoms with Gasteiger partial charge < -0.3 is 19.4 Å². The summed E-state index contributed by atoms with van der Waals surface area (Å²) in [7, 11) is 1.63.